The molecule has 0 bridgehead atoms. The molecule has 0 fully saturated rings. The molecule has 2 rings (SSSR count). The molecule has 1 amide bonds. The fourth-order valence-electron chi connectivity index (χ4n) is 1.98. The van der Waals surface area contributed by atoms with Crippen LogP contribution in [0.3, 0.4) is 0 Å². The summed E-state index contributed by atoms with van der Waals surface area (Å²) in [5.74, 6) is 1.09. The third-order valence-corrected chi connectivity index (χ3v) is 3.73. The predicted molar refractivity (Wildman–Crippen MR) is 97.0 cm³/mol. The number of carbonyl (C=O) groups excluding carboxylic acids is 1. The maximum atomic E-state index is 12.2. The largest absolute Gasteiger partial charge is 0.490 e. The lowest BCUT2D eigenvalue weighted by atomic mass is 10.2. The van der Waals surface area contributed by atoms with Crippen molar-refractivity contribution in [1.29, 1.82) is 0 Å². The van der Waals surface area contributed by atoms with Crippen molar-refractivity contribution in [2.45, 2.75) is 20.0 Å². The Labute approximate surface area is 147 Å². The van der Waals surface area contributed by atoms with Crippen molar-refractivity contribution in [2.75, 3.05) is 11.9 Å². The van der Waals surface area contributed by atoms with Gasteiger partial charge >= 0.3 is 0 Å². The number of amides is 1. The smallest absolute Gasteiger partial charge is 0.265 e. The van der Waals surface area contributed by atoms with E-state index in [1.807, 2.05) is 6.92 Å². The van der Waals surface area contributed by atoms with Crippen LogP contribution in [0.2, 0.25) is 5.02 Å². The number of anilines is 1. The number of halogens is 1. The molecule has 0 heterocycles. The highest BCUT2D eigenvalue weighted by molar-refractivity contribution is 6.31. The molecule has 126 valence electrons. The SMILES string of the molecule is C=CCOc1ccc(NC(=O)C(C)Oc2ccc(Cl)c(C)c2)cc1. The zero-order valence-corrected chi connectivity index (χ0v) is 14.5. The zero-order valence-electron chi connectivity index (χ0n) is 13.7. The number of ether oxygens (including phenoxy) is 2. The number of hydrogen-bond acceptors (Lipinski definition) is 3. The summed E-state index contributed by atoms with van der Waals surface area (Å²) in [7, 11) is 0. The molecule has 0 spiro atoms. The van der Waals surface area contributed by atoms with E-state index in [2.05, 4.69) is 11.9 Å². The van der Waals surface area contributed by atoms with Crippen LogP contribution in [0.4, 0.5) is 5.69 Å². The molecule has 24 heavy (non-hydrogen) atoms. The van der Waals surface area contributed by atoms with E-state index < -0.39 is 6.10 Å². The molecular formula is C19H20ClNO3. The zero-order chi connectivity index (χ0) is 17.5. The molecule has 1 unspecified atom stereocenters. The van der Waals surface area contributed by atoms with E-state index in [0.29, 0.717) is 28.8 Å². The lowest BCUT2D eigenvalue weighted by molar-refractivity contribution is -0.122. The lowest BCUT2D eigenvalue weighted by Crippen LogP contribution is -2.30. The van der Waals surface area contributed by atoms with Crippen LogP contribution >= 0.6 is 11.6 Å². The van der Waals surface area contributed by atoms with Crippen molar-refractivity contribution in [3.05, 3.63) is 65.7 Å². The highest BCUT2D eigenvalue weighted by Gasteiger charge is 2.15. The topological polar surface area (TPSA) is 47.6 Å². The summed E-state index contributed by atoms with van der Waals surface area (Å²) in [5.41, 5.74) is 1.57. The normalized spacial score (nSPS) is 11.5. The summed E-state index contributed by atoms with van der Waals surface area (Å²) in [6, 6.07) is 12.4. The van der Waals surface area contributed by atoms with Crippen molar-refractivity contribution < 1.29 is 14.3 Å². The van der Waals surface area contributed by atoms with Gasteiger partial charge in [-0.1, -0.05) is 24.3 Å². The highest BCUT2D eigenvalue weighted by atomic mass is 35.5. The van der Waals surface area contributed by atoms with Crippen LogP contribution in [0.15, 0.2) is 55.1 Å². The first-order chi connectivity index (χ1) is 11.5. The molecule has 1 N–H and O–H groups in total. The van der Waals surface area contributed by atoms with Gasteiger partial charge in [-0.2, -0.15) is 0 Å². The van der Waals surface area contributed by atoms with Crippen LogP contribution in [0.5, 0.6) is 11.5 Å². The van der Waals surface area contributed by atoms with Crippen molar-refractivity contribution >= 4 is 23.2 Å². The fraction of sp³-hybridized carbons (Fsp3) is 0.211. The molecule has 0 radical (unpaired) electrons. The molecule has 1 atom stereocenters. The van der Waals surface area contributed by atoms with Gasteiger partial charge in [0.15, 0.2) is 6.10 Å². The standard InChI is InChI=1S/C19H20ClNO3/c1-4-11-23-16-7-5-15(6-8-16)21-19(22)14(3)24-17-9-10-18(20)13(2)12-17/h4-10,12,14H,1,11H2,2-3H3,(H,21,22). The van der Waals surface area contributed by atoms with Gasteiger partial charge in [0.25, 0.3) is 5.91 Å². The maximum absolute atomic E-state index is 12.2. The Bertz CT molecular complexity index is 713. The summed E-state index contributed by atoms with van der Waals surface area (Å²) >= 11 is 5.98. The third-order valence-electron chi connectivity index (χ3n) is 3.30. The van der Waals surface area contributed by atoms with Crippen molar-refractivity contribution in [2.24, 2.45) is 0 Å². The second-order valence-corrected chi connectivity index (χ2v) is 5.69. The minimum Gasteiger partial charge on any atom is -0.490 e. The fourth-order valence-corrected chi connectivity index (χ4v) is 2.10. The number of rotatable bonds is 7. The average Bonchev–Trinajstić information content (AvgIpc) is 2.57. The second-order valence-electron chi connectivity index (χ2n) is 5.28. The molecule has 0 saturated carbocycles. The summed E-state index contributed by atoms with van der Waals surface area (Å²) in [6.07, 6.45) is 1.04. The summed E-state index contributed by atoms with van der Waals surface area (Å²) in [6.45, 7) is 7.62. The maximum Gasteiger partial charge on any atom is 0.265 e. The Hall–Kier alpha value is -2.46. The molecule has 0 saturated heterocycles. The van der Waals surface area contributed by atoms with Crippen LogP contribution < -0.4 is 14.8 Å². The Kier molecular flexibility index (Phi) is 6.27. The lowest BCUT2D eigenvalue weighted by Gasteiger charge is -2.15. The van der Waals surface area contributed by atoms with Crippen molar-refractivity contribution in [3.8, 4) is 11.5 Å². The summed E-state index contributed by atoms with van der Waals surface area (Å²) in [4.78, 5) is 12.2. The Morgan fingerprint density at radius 2 is 1.92 bits per heavy atom. The number of nitrogens with one attached hydrogen (secondary N) is 1. The molecule has 0 aliphatic heterocycles. The van der Waals surface area contributed by atoms with Gasteiger partial charge in [-0.3, -0.25) is 4.79 Å². The highest BCUT2D eigenvalue weighted by Crippen LogP contribution is 2.22. The van der Waals surface area contributed by atoms with E-state index >= 15 is 0 Å². The van der Waals surface area contributed by atoms with Crippen molar-refractivity contribution in [1.82, 2.24) is 0 Å². The van der Waals surface area contributed by atoms with Gasteiger partial charge in [0.1, 0.15) is 18.1 Å². The van der Waals surface area contributed by atoms with Gasteiger partial charge < -0.3 is 14.8 Å². The monoisotopic (exact) mass is 345 g/mol. The Morgan fingerprint density at radius 3 is 2.54 bits per heavy atom. The van der Waals surface area contributed by atoms with Gasteiger partial charge in [0.2, 0.25) is 0 Å². The van der Waals surface area contributed by atoms with E-state index in [1.54, 1.807) is 55.5 Å². The summed E-state index contributed by atoms with van der Waals surface area (Å²) < 4.78 is 11.1. The number of hydrogen-bond donors (Lipinski definition) is 1. The molecule has 0 aliphatic rings. The molecule has 0 aromatic heterocycles. The number of carbonyl (C=O) groups is 1. The van der Waals surface area contributed by atoms with Crippen LogP contribution in [0.25, 0.3) is 0 Å². The first-order valence-electron chi connectivity index (χ1n) is 7.57. The average molecular weight is 346 g/mol. The molecule has 4 nitrogen and oxygen atoms in total. The molecule has 2 aromatic rings. The van der Waals surface area contributed by atoms with E-state index in [1.165, 1.54) is 0 Å². The predicted octanol–water partition coefficient (Wildman–Crippen LogP) is 4.62. The van der Waals surface area contributed by atoms with Crippen LogP contribution in [0, 0.1) is 6.92 Å². The van der Waals surface area contributed by atoms with E-state index in [4.69, 9.17) is 21.1 Å². The van der Waals surface area contributed by atoms with Crippen molar-refractivity contribution in [3.63, 3.8) is 0 Å². The molecule has 5 heteroatoms. The first kappa shape index (κ1) is 17.9. The van der Waals surface area contributed by atoms with E-state index in [9.17, 15) is 4.79 Å². The molecule has 0 aliphatic carbocycles. The number of aryl methyl sites for hydroxylation is 1. The summed E-state index contributed by atoms with van der Waals surface area (Å²) in [5, 5.41) is 3.47. The van der Waals surface area contributed by atoms with Gasteiger partial charge in [-0.25, -0.2) is 0 Å². The van der Waals surface area contributed by atoms with Gasteiger partial charge in [0.05, 0.1) is 0 Å². The molecular weight excluding hydrogens is 326 g/mol. The van der Waals surface area contributed by atoms with Gasteiger partial charge in [-0.05, 0) is 61.9 Å². The Morgan fingerprint density at radius 1 is 1.25 bits per heavy atom. The van der Waals surface area contributed by atoms with Gasteiger partial charge in [0, 0.05) is 10.7 Å². The molecule has 2 aromatic carbocycles. The minimum atomic E-state index is -0.637. The quantitative estimate of drug-likeness (QED) is 0.745. The van der Waals surface area contributed by atoms with Gasteiger partial charge in [-0.15, -0.1) is 0 Å². The first-order valence-corrected chi connectivity index (χ1v) is 7.95. The third kappa shape index (κ3) is 5.03. The minimum absolute atomic E-state index is 0.234. The Balaban J connectivity index is 1.93. The number of benzene rings is 2. The van der Waals surface area contributed by atoms with Crippen LogP contribution in [-0.4, -0.2) is 18.6 Å². The second kappa shape index (κ2) is 8.41. The van der Waals surface area contributed by atoms with E-state index in [0.717, 1.165) is 5.56 Å². The van der Waals surface area contributed by atoms with E-state index in [-0.39, 0.29) is 5.91 Å². The van der Waals surface area contributed by atoms with Crippen LogP contribution in [-0.2, 0) is 4.79 Å². The van der Waals surface area contributed by atoms with Crippen LogP contribution in [0.1, 0.15) is 12.5 Å².